The number of benzene rings is 1. The van der Waals surface area contributed by atoms with Crippen LogP contribution in [0, 0.1) is 12.7 Å². The van der Waals surface area contributed by atoms with Crippen LogP contribution in [0.25, 0.3) is 5.69 Å². The minimum atomic E-state index is -0.952. The molecule has 0 unspecified atom stereocenters. The van der Waals surface area contributed by atoms with Crippen molar-refractivity contribution in [3.63, 3.8) is 0 Å². The maximum atomic E-state index is 14.1. The molecule has 0 aliphatic heterocycles. The number of aromatic nitrogens is 3. The van der Waals surface area contributed by atoms with E-state index in [0.717, 1.165) is 17.3 Å². The lowest BCUT2D eigenvalue weighted by atomic mass is 10.2. The Morgan fingerprint density at radius 2 is 2.20 bits per heavy atom. The Morgan fingerprint density at radius 1 is 1.45 bits per heavy atom. The smallest absolute Gasteiger partial charge is 0.313 e. The van der Waals surface area contributed by atoms with Gasteiger partial charge in [-0.3, -0.25) is 9.36 Å². The van der Waals surface area contributed by atoms with E-state index in [-0.39, 0.29) is 11.6 Å². The highest BCUT2D eigenvalue weighted by atomic mass is 32.2. The van der Waals surface area contributed by atoms with Gasteiger partial charge in [-0.05, 0) is 24.6 Å². The molecule has 5 nitrogen and oxygen atoms in total. The number of carboxylic acids is 1. The summed E-state index contributed by atoms with van der Waals surface area (Å²) in [6.07, 6.45) is 0.577. The Kier molecular flexibility index (Phi) is 4.39. The SMILES string of the molecule is CCc1nnc(SCC(=O)O)n1-c1ccc(C)cc1F. The number of aliphatic carboxylic acids is 1. The Morgan fingerprint density at radius 3 is 2.80 bits per heavy atom. The third kappa shape index (κ3) is 2.98. The van der Waals surface area contributed by atoms with Crippen LogP contribution in [-0.2, 0) is 11.2 Å². The van der Waals surface area contributed by atoms with Gasteiger partial charge in [0.2, 0.25) is 0 Å². The minimum absolute atomic E-state index is 0.144. The molecule has 106 valence electrons. The molecule has 0 fully saturated rings. The van der Waals surface area contributed by atoms with Crippen molar-refractivity contribution in [1.82, 2.24) is 14.8 Å². The molecule has 0 saturated heterocycles. The molecule has 1 N–H and O–H groups in total. The summed E-state index contributed by atoms with van der Waals surface area (Å²) < 4.78 is 15.7. The first kappa shape index (κ1) is 14.5. The predicted octanol–water partition coefficient (Wildman–Crippen LogP) is 2.45. The number of nitrogens with zero attached hydrogens (tertiary/aromatic N) is 3. The van der Waals surface area contributed by atoms with Crippen LogP contribution in [0.15, 0.2) is 23.4 Å². The molecule has 0 aliphatic carbocycles. The van der Waals surface area contributed by atoms with Gasteiger partial charge >= 0.3 is 5.97 Å². The van der Waals surface area contributed by atoms with Gasteiger partial charge in [-0.15, -0.1) is 10.2 Å². The number of halogens is 1. The fourth-order valence-corrected chi connectivity index (χ4v) is 2.47. The Labute approximate surface area is 119 Å². The average molecular weight is 295 g/mol. The molecule has 2 rings (SSSR count). The van der Waals surface area contributed by atoms with Crippen LogP contribution >= 0.6 is 11.8 Å². The molecule has 0 bridgehead atoms. The van der Waals surface area contributed by atoms with Gasteiger partial charge in [0.1, 0.15) is 11.6 Å². The van der Waals surface area contributed by atoms with E-state index in [1.807, 2.05) is 6.92 Å². The van der Waals surface area contributed by atoms with E-state index in [9.17, 15) is 9.18 Å². The second-order valence-corrected chi connectivity index (χ2v) is 5.17. The standard InChI is InChI=1S/C13H14FN3O2S/c1-3-11-15-16-13(20-7-12(18)19)17(11)10-5-4-8(2)6-9(10)14/h4-6H,3,7H2,1-2H3,(H,18,19). The number of thioether (sulfide) groups is 1. The van der Waals surface area contributed by atoms with Gasteiger partial charge in [0.05, 0.1) is 11.4 Å². The van der Waals surface area contributed by atoms with E-state index < -0.39 is 5.97 Å². The van der Waals surface area contributed by atoms with Crippen molar-refractivity contribution in [3.05, 3.63) is 35.4 Å². The first-order chi connectivity index (χ1) is 9.52. The average Bonchev–Trinajstić information content (AvgIpc) is 2.79. The number of aryl methyl sites for hydroxylation is 2. The molecule has 1 aromatic heterocycles. The van der Waals surface area contributed by atoms with Crippen LogP contribution in [0.5, 0.6) is 0 Å². The molecule has 0 saturated carbocycles. The highest BCUT2D eigenvalue weighted by molar-refractivity contribution is 7.99. The van der Waals surface area contributed by atoms with Crippen LogP contribution in [0.3, 0.4) is 0 Å². The number of hydrogen-bond donors (Lipinski definition) is 1. The van der Waals surface area contributed by atoms with Gasteiger partial charge in [0.15, 0.2) is 5.16 Å². The van der Waals surface area contributed by atoms with Crippen LogP contribution < -0.4 is 0 Å². The zero-order chi connectivity index (χ0) is 14.7. The molecule has 1 aromatic carbocycles. The molecule has 0 spiro atoms. The van der Waals surface area contributed by atoms with Crippen LogP contribution in [-0.4, -0.2) is 31.6 Å². The lowest BCUT2D eigenvalue weighted by molar-refractivity contribution is -0.133. The van der Waals surface area contributed by atoms with Crippen LogP contribution in [0.2, 0.25) is 0 Å². The van der Waals surface area contributed by atoms with Gasteiger partial charge in [-0.25, -0.2) is 4.39 Å². The van der Waals surface area contributed by atoms with Gasteiger partial charge in [0, 0.05) is 6.42 Å². The van der Waals surface area contributed by atoms with Crippen molar-refractivity contribution in [1.29, 1.82) is 0 Å². The summed E-state index contributed by atoms with van der Waals surface area (Å²) in [4.78, 5) is 10.7. The number of rotatable bonds is 5. The normalized spacial score (nSPS) is 10.8. The lowest BCUT2D eigenvalue weighted by Gasteiger charge is -2.10. The monoisotopic (exact) mass is 295 g/mol. The molecule has 0 aliphatic rings. The third-order valence-corrected chi connectivity index (χ3v) is 3.60. The third-order valence-electron chi connectivity index (χ3n) is 2.69. The summed E-state index contributed by atoms with van der Waals surface area (Å²) in [5.74, 6) is -0.876. The summed E-state index contributed by atoms with van der Waals surface area (Å²) in [5, 5.41) is 17.1. The molecule has 1 heterocycles. The largest absolute Gasteiger partial charge is 0.481 e. The lowest BCUT2D eigenvalue weighted by Crippen LogP contribution is -2.06. The molecule has 0 atom stereocenters. The van der Waals surface area contributed by atoms with Crippen molar-refractivity contribution >= 4 is 17.7 Å². The van der Waals surface area contributed by atoms with Crippen molar-refractivity contribution in [3.8, 4) is 5.69 Å². The first-order valence-electron chi connectivity index (χ1n) is 6.08. The maximum Gasteiger partial charge on any atom is 0.313 e. The van der Waals surface area contributed by atoms with Crippen molar-refractivity contribution in [2.24, 2.45) is 0 Å². The van der Waals surface area contributed by atoms with E-state index in [2.05, 4.69) is 10.2 Å². The first-order valence-corrected chi connectivity index (χ1v) is 7.07. The Bertz CT molecular complexity index is 643. The van der Waals surface area contributed by atoms with Crippen molar-refractivity contribution in [2.45, 2.75) is 25.4 Å². The van der Waals surface area contributed by atoms with E-state index in [0.29, 0.717) is 23.1 Å². The number of hydrogen-bond acceptors (Lipinski definition) is 4. The molecule has 2 aromatic rings. The molecule has 7 heteroatoms. The Balaban J connectivity index is 2.47. The molecular weight excluding hydrogens is 281 g/mol. The van der Waals surface area contributed by atoms with Gasteiger partial charge in [-0.1, -0.05) is 24.8 Å². The summed E-state index contributed by atoms with van der Waals surface area (Å²) in [5.41, 5.74) is 1.16. The highest BCUT2D eigenvalue weighted by Crippen LogP contribution is 2.24. The summed E-state index contributed by atoms with van der Waals surface area (Å²) in [6, 6.07) is 4.88. The van der Waals surface area contributed by atoms with Gasteiger partial charge < -0.3 is 5.11 Å². The zero-order valence-corrected chi connectivity index (χ0v) is 11.9. The molecular formula is C13H14FN3O2S. The van der Waals surface area contributed by atoms with E-state index in [1.54, 1.807) is 23.6 Å². The van der Waals surface area contributed by atoms with Gasteiger partial charge in [0.25, 0.3) is 0 Å². The van der Waals surface area contributed by atoms with E-state index in [1.165, 1.54) is 6.07 Å². The second kappa shape index (κ2) is 6.04. The summed E-state index contributed by atoms with van der Waals surface area (Å²) in [6.45, 7) is 3.69. The molecule has 0 radical (unpaired) electrons. The second-order valence-electron chi connectivity index (χ2n) is 4.23. The topological polar surface area (TPSA) is 68.0 Å². The zero-order valence-electron chi connectivity index (χ0n) is 11.1. The predicted molar refractivity (Wildman–Crippen MR) is 73.8 cm³/mol. The van der Waals surface area contributed by atoms with E-state index in [4.69, 9.17) is 5.11 Å². The number of carbonyl (C=O) groups is 1. The molecule has 20 heavy (non-hydrogen) atoms. The fraction of sp³-hybridized carbons (Fsp3) is 0.308. The van der Waals surface area contributed by atoms with Crippen molar-refractivity contribution < 1.29 is 14.3 Å². The number of carboxylic acid groups (broad SMARTS) is 1. The Hall–Kier alpha value is -1.89. The maximum absolute atomic E-state index is 14.1. The minimum Gasteiger partial charge on any atom is -0.481 e. The summed E-state index contributed by atoms with van der Waals surface area (Å²) >= 11 is 1.02. The highest BCUT2D eigenvalue weighted by Gasteiger charge is 2.17. The summed E-state index contributed by atoms with van der Waals surface area (Å²) in [7, 11) is 0. The van der Waals surface area contributed by atoms with E-state index >= 15 is 0 Å². The molecule has 0 amide bonds. The van der Waals surface area contributed by atoms with Crippen LogP contribution in [0.4, 0.5) is 4.39 Å². The van der Waals surface area contributed by atoms with Crippen molar-refractivity contribution in [2.75, 3.05) is 5.75 Å². The van der Waals surface area contributed by atoms with Gasteiger partial charge in [-0.2, -0.15) is 0 Å². The quantitative estimate of drug-likeness (QED) is 0.858. The van der Waals surface area contributed by atoms with Crippen LogP contribution in [0.1, 0.15) is 18.3 Å². The fourth-order valence-electron chi connectivity index (χ4n) is 1.78.